The largest absolute Gasteiger partial charge is 0.548 e. The van der Waals surface area contributed by atoms with Crippen molar-refractivity contribution in [2.75, 3.05) is 0 Å². The Morgan fingerprint density at radius 2 is 1.66 bits per heavy atom. The van der Waals surface area contributed by atoms with Crippen molar-refractivity contribution in [1.29, 1.82) is 0 Å². The smallest absolute Gasteiger partial charge is 0.268 e. The summed E-state index contributed by atoms with van der Waals surface area (Å²) < 4.78 is 13.2. The zero-order chi connectivity index (χ0) is 21.4. The number of aliphatic carboxylic acids is 1. The zero-order valence-electron chi connectivity index (χ0n) is 16.1. The van der Waals surface area contributed by atoms with Gasteiger partial charge in [-0.1, -0.05) is 44.2 Å². The van der Waals surface area contributed by atoms with E-state index < -0.39 is 29.6 Å². The fraction of sp³-hybridized carbons (Fsp3) is 0.227. The molecule has 0 heterocycles. The van der Waals surface area contributed by atoms with Crippen LogP contribution in [0.2, 0.25) is 0 Å². The van der Waals surface area contributed by atoms with E-state index in [9.17, 15) is 23.9 Å². The van der Waals surface area contributed by atoms with E-state index in [1.807, 2.05) is 13.8 Å². The molecule has 2 amide bonds. The monoisotopic (exact) mass is 397 g/mol. The summed E-state index contributed by atoms with van der Waals surface area (Å²) in [7, 11) is 0. The number of hydrogen-bond donors (Lipinski definition) is 2. The summed E-state index contributed by atoms with van der Waals surface area (Å²) in [5, 5.41) is 16.2. The maximum absolute atomic E-state index is 13.2. The Balaban J connectivity index is 2.30. The number of carbonyl (C=O) groups is 3. The van der Waals surface area contributed by atoms with Crippen molar-refractivity contribution in [2.24, 2.45) is 5.92 Å². The van der Waals surface area contributed by atoms with Gasteiger partial charge in [-0.25, -0.2) is 4.39 Å². The van der Waals surface area contributed by atoms with Crippen molar-refractivity contribution in [2.45, 2.75) is 26.3 Å². The first-order valence-corrected chi connectivity index (χ1v) is 9.11. The van der Waals surface area contributed by atoms with Crippen molar-refractivity contribution >= 4 is 23.9 Å². The lowest BCUT2D eigenvalue weighted by Gasteiger charge is -2.22. The molecule has 0 aliphatic carbocycles. The van der Waals surface area contributed by atoms with E-state index in [4.69, 9.17) is 0 Å². The molecule has 7 heteroatoms. The Morgan fingerprint density at radius 1 is 1.03 bits per heavy atom. The molecule has 1 atom stereocenters. The average molecular weight is 397 g/mol. The minimum atomic E-state index is -1.41. The molecule has 0 fully saturated rings. The summed E-state index contributed by atoms with van der Waals surface area (Å²) in [6.45, 7) is 3.63. The maximum atomic E-state index is 13.2. The molecular weight excluding hydrogens is 375 g/mol. The molecule has 0 unspecified atom stereocenters. The zero-order valence-corrected chi connectivity index (χ0v) is 16.1. The molecule has 2 aromatic carbocycles. The lowest BCUT2D eigenvalue weighted by Crippen LogP contribution is -2.50. The second kappa shape index (κ2) is 10.2. The van der Waals surface area contributed by atoms with Crippen LogP contribution in [0.3, 0.4) is 0 Å². The van der Waals surface area contributed by atoms with Crippen LogP contribution in [0.15, 0.2) is 60.3 Å². The quantitative estimate of drug-likeness (QED) is 0.665. The molecule has 0 radical (unpaired) electrons. The summed E-state index contributed by atoms with van der Waals surface area (Å²) in [6.07, 6.45) is 1.52. The van der Waals surface area contributed by atoms with Crippen LogP contribution >= 0.6 is 0 Å². The van der Waals surface area contributed by atoms with Crippen LogP contribution in [0.1, 0.15) is 36.2 Å². The van der Waals surface area contributed by atoms with Gasteiger partial charge in [0.1, 0.15) is 11.5 Å². The van der Waals surface area contributed by atoms with E-state index in [0.29, 0.717) is 11.1 Å². The number of carboxylic acid groups (broad SMARTS) is 1. The third-order valence-corrected chi connectivity index (χ3v) is 4.01. The van der Waals surface area contributed by atoms with E-state index in [1.165, 1.54) is 30.3 Å². The summed E-state index contributed by atoms with van der Waals surface area (Å²) in [5.41, 5.74) is 0.614. The van der Waals surface area contributed by atoms with E-state index in [-0.39, 0.29) is 18.0 Å². The second-order valence-corrected chi connectivity index (χ2v) is 6.90. The number of carboxylic acids is 1. The number of halogens is 1. The fourth-order valence-corrected chi connectivity index (χ4v) is 2.59. The first-order chi connectivity index (χ1) is 13.8. The van der Waals surface area contributed by atoms with Gasteiger partial charge in [0.05, 0.1) is 12.0 Å². The number of nitrogens with one attached hydrogen (secondary N) is 2. The molecule has 2 rings (SSSR count). The van der Waals surface area contributed by atoms with Crippen LogP contribution in [0.4, 0.5) is 4.39 Å². The van der Waals surface area contributed by atoms with Gasteiger partial charge in [0.2, 0.25) is 0 Å². The maximum Gasteiger partial charge on any atom is 0.268 e. The Morgan fingerprint density at radius 3 is 2.21 bits per heavy atom. The van der Waals surface area contributed by atoms with E-state index in [2.05, 4.69) is 10.6 Å². The van der Waals surface area contributed by atoms with E-state index in [1.54, 1.807) is 30.3 Å². The Bertz CT molecular complexity index is 893. The van der Waals surface area contributed by atoms with Crippen LogP contribution in [0.25, 0.3) is 6.08 Å². The van der Waals surface area contributed by atoms with Gasteiger partial charge in [-0.15, -0.1) is 0 Å². The molecule has 0 bridgehead atoms. The Labute approximate surface area is 168 Å². The predicted octanol–water partition coefficient (Wildman–Crippen LogP) is 1.88. The number of hydrogen-bond acceptors (Lipinski definition) is 4. The van der Waals surface area contributed by atoms with Crippen molar-refractivity contribution < 1.29 is 23.9 Å². The molecule has 0 saturated carbocycles. The van der Waals surface area contributed by atoms with Gasteiger partial charge in [0.25, 0.3) is 11.8 Å². The Hall–Kier alpha value is -3.48. The average Bonchev–Trinajstić information content (AvgIpc) is 2.68. The standard InChI is InChI=1S/C22H23FN2O4/c1-14(2)12-19(22(28)29)25-21(27)18(13-15-8-10-17(23)11-9-15)24-20(26)16-6-4-3-5-7-16/h3-11,13-14,19H,12H2,1-2H3,(H,24,26)(H,25,27)(H,28,29)/p-1/b18-13+/t19-/m0/s1. The van der Waals surface area contributed by atoms with Crippen LogP contribution in [0, 0.1) is 11.7 Å². The molecule has 0 saturated heterocycles. The molecule has 0 aliphatic heterocycles. The number of benzene rings is 2. The van der Waals surface area contributed by atoms with Crippen LogP contribution in [-0.4, -0.2) is 23.8 Å². The van der Waals surface area contributed by atoms with Crippen molar-refractivity contribution in [3.05, 3.63) is 77.2 Å². The minimum Gasteiger partial charge on any atom is -0.548 e. The SMILES string of the molecule is CC(C)C[C@H](NC(=O)/C(=C\c1ccc(F)cc1)NC(=O)c1ccccc1)C(=O)[O-]. The summed E-state index contributed by atoms with van der Waals surface area (Å²) >= 11 is 0. The molecule has 2 N–H and O–H groups in total. The van der Waals surface area contributed by atoms with Gasteiger partial charge in [-0.2, -0.15) is 0 Å². The van der Waals surface area contributed by atoms with Crippen molar-refractivity contribution in [3.8, 4) is 0 Å². The highest BCUT2D eigenvalue weighted by molar-refractivity contribution is 6.06. The topological polar surface area (TPSA) is 98.3 Å². The third-order valence-electron chi connectivity index (χ3n) is 4.01. The molecule has 29 heavy (non-hydrogen) atoms. The lowest BCUT2D eigenvalue weighted by atomic mass is 10.0. The molecule has 0 aromatic heterocycles. The Kier molecular flexibility index (Phi) is 7.65. The van der Waals surface area contributed by atoms with Crippen LogP contribution in [0.5, 0.6) is 0 Å². The highest BCUT2D eigenvalue weighted by Crippen LogP contribution is 2.10. The highest BCUT2D eigenvalue weighted by atomic mass is 19.1. The van der Waals surface area contributed by atoms with Crippen LogP contribution < -0.4 is 15.7 Å². The summed E-state index contributed by atoms with van der Waals surface area (Å²) in [5.74, 6) is -3.18. The van der Waals surface area contributed by atoms with Gasteiger partial charge in [0, 0.05) is 5.56 Å². The highest BCUT2D eigenvalue weighted by Gasteiger charge is 2.20. The molecule has 6 nitrogen and oxygen atoms in total. The van der Waals surface area contributed by atoms with E-state index >= 15 is 0 Å². The molecule has 0 aliphatic rings. The van der Waals surface area contributed by atoms with Crippen LogP contribution in [-0.2, 0) is 9.59 Å². The molecule has 2 aromatic rings. The number of rotatable bonds is 8. The predicted molar refractivity (Wildman–Crippen MR) is 105 cm³/mol. The van der Waals surface area contributed by atoms with Gasteiger partial charge in [0.15, 0.2) is 0 Å². The van der Waals surface area contributed by atoms with E-state index in [0.717, 1.165) is 0 Å². The number of amides is 2. The summed E-state index contributed by atoms with van der Waals surface area (Å²) in [6, 6.07) is 12.3. The first kappa shape index (κ1) is 21.8. The minimum absolute atomic E-state index is 0.00152. The van der Waals surface area contributed by atoms with Crippen molar-refractivity contribution in [1.82, 2.24) is 10.6 Å². The van der Waals surface area contributed by atoms with Crippen molar-refractivity contribution in [3.63, 3.8) is 0 Å². The second-order valence-electron chi connectivity index (χ2n) is 6.90. The number of carbonyl (C=O) groups excluding carboxylic acids is 3. The first-order valence-electron chi connectivity index (χ1n) is 9.11. The molecular formula is C22H22FN2O4-. The fourth-order valence-electron chi connectivity index (χ4n) is 2.59. The van der Waals surface area contributed by atoms with Gasteiger partial charge < -0.3 is 20.5 Å². The van der Waals surface area contributed by atoms with Gasteiger partial charge >= 0.3 is 0 Å². The normalized spacial score (nSPS) is 12.3. The third kappa shape index (κ3) is 6.88. The summed E-state index contributed by atoms with van der Waals surface area (Å²) in [4.78, 5) is 36.6. The van der Waals surface area contributed by atoms with Gasteiger partial charge in [-0.05, 0) is 48.2 Å². The molecule has 152 valence electrons. The molecule has 0 spiro atoms. The van der Waals surface area contributed by atoms with Gasteiger partial charge in [-0.3, -0.25) is 9.59 Å². The lowest BCUT2D eigenvalue weighted by molar-refractivity contribution is -0.308.